The smallest absolute Gasteiger partial charge is 0.00523 e. The maximum Gasteiger partial charge on any atom is -0.00523 e. The molecule has 0 aromatic carbocycles. The van der Waals surface area contributed by atoms with Crippen LogP contribution in [0.15, 0.2) is 0 Å². The molecule has 29 fully saturated rings. The van der Waals surface area contributed by atoms with E-state index in [1.165, 1.54) is 0 Å². The Morgan fingerprint density at radius 1 is 0.0400 bits per heavy atom. The number of hydrogen-bond acceptors (Lipinski definition) is 0. The molecule has 0 amide bonds. The molecule has 0 saturated carbocycles. The van der Waals surface area contributed by atoms with Gasteiger partial charge in [0.15, 0.2) is 0 Å². The van der Waals surface area contributed by atoms with Crippen LogP contribution in [0, 0.1) is 0 Å². The van der Waals surface area contributed by atoms with Gasteiger partial charge in [0.25, 0.3) is 0 Å². The van der Waals surface area contributed by atoms with Crippen LogP contribution in [-0.2, 0) is 0 Å². The fourth-order valence-electron chi connectivity index (χ4n) is 33.8. The average molecular weight is 1450 g/mol. The number of fused-ring (bicyclic) bond motifs is 54. The molecule has 50 heavy (non-hydrogen) atoms. The Hall–Kier alpha value is 10.8. The summed E-state index contributed by atoms with van der Waals surface area (Å²) in [6, 6.07) is 0. The molecular formula is H50Si50. The van der Waals surface area contributed by atoms with Crippen LogP contribution < -0.4 is 0 Å². The van der Waals surface area contributed by atoms with E-state index in [0.29, 0.717) is 0 Å². The zero-order valence-corrected chi connectivity index (χ0v) is 86.6. The summed E-state index contributed by atoms with van der Waals surface area (Å²) < 4.78 is 0. The van der Waals surface area contributed by atoms with Crippen molar-refractivity contribution in [2.75, 3.05) is 0 Å². The van der Waals surface area contributed by atoms with Crippen LogP contribution in [-0.4, -0.2) is 367 Å². The van der Waals surface area contributed by atoms with Gasteiger partial charge in [0.1, 0.15) is 0 Å². The summed E-state index contributed by atoms with van der Waals surface area (Å²) in [5, 5.41) is 0. The normalized spacial score (nSPS) is 108. The molecule has 0 unspecified atom stereocenters. The summed E-state index contributed by atoms with van der Waals surface area (Å²) in [6.45, 7) is 0. The molecule has 50 heteroatoms. The maximum atomic E-state index is 0.778. The van der Waals surface area contributed by atoms with E-state index in [4.69, 9.17) is 0 Å². The minimum atomic E-state index is 0.778. The van der Waals surface area contributed by atoms with Crippen LogP contribution in [0.2, 0.25) is 0 Å². The second-order valence-electron chi connectivity index (χ2n) is 28.9. The summed E-state index contributed by atoms with van der Waals surface area (Å²) in [5.41, 5.74) is 0. The van der Waals surface area contributed by atoms with Gasteiger partial charge in [-0.2, -0.15) is 0 Å². The number of hydrogen-bond donors (Lipinski definition) is 0. The fraction of sp³-hybridized carbons (Fsp3) is 0. The van der Waals surface area contributed by atoms with Crippen LogP contribution >= 0.6 is 0 Å². The van der Waals surface area contributed by atoms with Crippen molar-refractivity contribution in [3.05, 3.63) is 0 Å². The first-order chi connectivity index (χ1) is 25.0. The Morgan fingerprint density at radius 2 is 0.0600 bits per heavy atom. The van der Waals surface area contributed by atoms with E-state index < -0.39 is 0 Å². The molecule has 29 aliphatic rings. The van der Waals surface area contributed by atoms with E-state index in [2.05, 4.69) is 0 Å². The third-order valence-electron chi connectivity index (χ3n) is 33.1. The van der Waals surface area contributed by atoms with Gasteiger partial charge in [0.05, 0.1) is 0 Å². The Bertz CT molecular complexity index is 1420. The molecule has 29 saturated heterocycles. The molecule has 0 aliphatic carbocycles. The topological polar surface area (TPSA) is 0 Å². The summed E-state index contributed by atoms with van der Waals surface area (Å²) in [5.74, 6) is 0. The van der Waals surface area contributed by atoms with E-state index in [1.54, 1.807) is 0 Å². The molecule has 0 bridgehead atoms. The summed E-state index contributed by atoms with van der Waals surface area (Å²) in [7, 11) is 38.9. The van der Waals surface area contributed by atoms with Gasteiger partial charge in [-0.05, 0) is 367 Å². The lowest BCUT2D eigenvalue weighted by Crippen LogP contribution is -3.38. The van der Waals surface area contributed by atoms with Crippen molar-refractivity contribution in [3.8, 4) is 0 Å². The molecule has 0 aromatic heterocycles. The minimum Gasteiger partial charge on any atom is -0.00523 e. The molecule has 0 aromatic rings. The second-order valence-corrected chi connectivity index (χ2v) is 779. The second kappa shape index (κ2) is 8.01. The highest BCUT2D eigenvalue weighted by atomic mass is 31.1. The molecule has 250 valence electrons. The van der Waals surface area contributed by atoms with Crippen molar-refractivity contribution in [1.82, 2.24) is 0 Å². The quantitative estimate of drug-likeness (QED) is 0.212. The zero-order valence-electron chi connectivity index (χ0n) is 28.9. The average Bonchev–Trinajstić information content (AvgIpc) is 3.73. The summed E-state index contributed by atoms with van der Waals surface area (Å²) >= 11 is 0. The highest BCUT2D eigenvalue weighted by Crippen LogP contribution is 2.67. The van der Waals surface area contributed by atoms with Crippen molar-refractivity contribution in [2.24, 2.45) is 0 Å². The molecule has 29 heterocycles. The Balaban J connectivity index is 0.0000000534. The van der Waals surface area contributed by atoms with Gasteiger partial charge in [-0.3, -0.25) is 0 Å². The van der Waals surface area contributed by atoms with E-state index in [9.17, 15) is 0 Å². The van der Waals surface area contributed by atoms with Gasteiger partial charge in [-0.1, -0.05) is 0 Å². The van der Waals surface area contributed by atoms with Crippen molar-refractivity contribution >= 4 is 367 Å². The van der Waals surface area contributed by atoms with Crippen LogP contribution in [0.1, 0.15) is 0 Å². The third kappa shape index (κ3) is 2.09. The van der Waals surface area contributed by atoms with Crippen molar-refractivity contribution in [1.29, 1.82) is 0 Å². The Labute approximate surface area is 359 Å². The lowest BCUT2D eigenvalue weighted by molar-refractivity contribution is 2.76. The van der Waals surface area contributed by atoms with Crippen molar-refractivity contribution < 1.29 is 0 Å². The minimum absolute atomic E-state index is 0.778. The molecular weight excluding hydrogens is 1400 g/mol. The SMILES string of the molecule is [SiH]12[SiH]3[SiH]1[SiH]1[SiH]2[SiH]31.[SiH]12[SiH]3[SiH]4[SiH]1[SiH]1[SiH]2[SiH]2[SiH]1[SiH]1[SiH]5[SiH]4[SiH]3[SiH]5[SiH]21.[SiH]12[SiH]3[SiH]4[SiH]1[SiH]1[SiH]2[SiH]2[SiH]3[SiH]4[SiH]12.[SiH]12[SiH]3[SiH]4[SiH]1[SiH]1[SiH]2[SiH]3[SiH]41.[SiH]12[SiH]3[SiH]4[SiH]1[SiH]1[SiH]4[SiH]4[SiH]5[SiH]3[SiH]2[SiH]5[SiH]14. The highest BCUT2D eigenvalue weighted by molar-refractivity contribution is 8.80. The first-order valence-corrected chi connectivity index (χ1v) is 225. The standard InChI is InChI=1S/H14Si14.H12Si12.H10Si10.H8Si8.H6Si6/c1-2-5-3(1)7-9(5)13-11(7)12-8-4(1)6(2)10(8)14(12)13;1-2-5-3(1)7-9(5)12-10-6(2)4(1)8(10)11(7)12;1-2-5-3(1)7-8-4(1)6(2)10(8)9(5)7;1-2-5-3(1)7-4(1)6(2)8(5)7;1-2-3(1)6-4(1)5(2)6/h1-14H;1-12H;1-10H;1-8H;1-6H. The highest BCUT2D eigenvalue weighted by Gasteiger charge is 3.04. The van der Waals surface area contributed by atoms with E-state index in [0.717, 1.165) is 367 Å². The monoisotopic (exact) mass is 1450 g/mol. The lowest BCUT2D eigenvalue weighted by Gasteiger charge is -3.00. The van der Waals surface area contributed by atoms with Gasteiger partial charge < -0.3 is 0 Å². The van der Waals surface area contributed by atoms with Crippen molar-refractivity contribution in [2.45, 2.75) is 0 Å². The van der Waals surface area contributed by atoms with Gasteiger partial charge in [-0.25, -0.2) is 0 Å². The molecule has 29 aliphatic heterocycles. The van der Waals surface area contributed by atoms with E-state index in [1.807, 2.05) is 0 Å². The van der Waals surface area contributed by atoms with E-state index >= 15 is 0 Å². The molecule has 0 spiro atoms. The Morgan fingerprint density at radius 3 is 0.0800 bits per heavy atom. The largest absolute Gasteiger partial charge is 0.00523 e. The first-order valence-electron chi connectivity index (χ1n) is 25.0. The molecule has 29 rings (SSSR count). The molecule has 0 radical (unpaired) electrons. The number of rotatable bonds is 0. The lowest BCUT2D eigenvalue weighted by atomic mass is 25.1. The molecule has 0 atom stereocenters. The first kappa shape index (κ1) is 29.6. The summed E-state index contributed by atoms with van der Waals surface area (Å²) in [6.07, 6.45) is 0. The molecule has 0 N–H and O–H groups in total. The van der Waals surface area contributed by atoms with Gasteiger partial charge >= 0.3 is 0 Å². The predicted octanol–water partition coefficient (Wildman–Crippen LogP) is -32.4. The Kier molecular flexibility index (Phi) is 4.74. The van der Waals surface area contributed by atoms with Gasteiger partial charge in [-0.15, -0.1) is 0 Å². The fourth-order valence-corrected chi connectivity index (χ4v) is 7730. The third-order valence-corrected chi connectivity index (χ3v) is 2660. The van der Waals surface area contributed by atoms with Gasteiger partial charge in [0.2, 0.25) is 0 Å². The van der Waals surface area contributed by atoms with Gasteiger partial charge in [0, 0.05) is 0 Å². The maximum absolute atomic E-state index is 0.778. The van der Waals surface area contributed by atoms with Crippen LogP contribution in [0.25, 0.3) is 0 Å². The van der Waals surface area contributed by atoms with Crippen LogP contribution in [0.4, 0.5) is 0 Å². The van der Waals surface area contributed by atoms with Crippen LogP contribution in [0.3, 0.4) is 0 Å². The van der Waals surface area contributed by atoms with E-state index in [-0.39, 0.29) is 0 Å². The molecule has 0 nitrogen and oxygen atoms in total. The zero-order chi connectivity index (χ0) is 28.9. The van der Waals surface area contributed by atoms with Crippen molar-refractivity contribution in [3.63, 3.8) is 0 Å². The summed E-state index contributed by atoms with van der Waals surface area (Å²) in [4.78, 5) is 0. The van der Waals surface area contributed by atoms with Crippen LogP contribution in [0.5, 0.6) is 0 Å². The predicted molar refractivity (Wildman–Crippen MR) is 357 cm³/mol.